The zero-order valence-corrected chi connectivity index (χ0v) is 10.6. The maximum atomic E-state index is 8.96. The summed E-state index contributed by atoms with van der Waals surface area (Å²) >= 11 is 0. The van der Waals surface area contributed by atoms with Crippen LogP contribution in [0.5, 0.6) is 5.75 Å². The first-order chi connectivity index (χ1) is 17.2. The van der Waals surface area contributed by atoms with E-state index in [0.717, 1.165) is 0 Å². The maximum absolute atomic E-state index is 8.96. The molecule has 2 nitrogen and oxygen atoms in total. The molecule has 0 saturated heterocycles. The van der Waals surface area contributed by atoms with Crippen molar-refractivity contribution in [2.24, 2.45) is 0 Å². The summed E-state index contributed by atoms with van der Waals surface area (Å²) < 4.78 is 165. The molecule has 2 rings (SSSR count). The van der Waals surface area contributed by atoms with Crippen molar-refractivity contribution in [2.45, 2.75) is 19.3 Å². The van der Waals surface area contributed by atoms with Crippen LogP contribution in [-0.4, -0.2) is 13.5 Å². The second kappa shape index (κ2) is 8.62. The number of hydrogen-bond donors (Lipinski definition) is 1. The van der Waals surface area contributed by atoms with Gasteiger partial charge < -0.3 is 22.5 Å². The van der Waals surface area contributed by atoms with Gasteiger partial charge in [-0.05, 0) is 24.0 Å². The van der Waals surface area contributed by atoms with E-state index in [0.29, 0.717) is 0 Å². The number of rotatable bonds is 6. The molecule has 0 saturated carbocycles. The minimum atomic E-state index is -4.02. The van der Waals surface area contributed by atoms with Crippen molar-refractivity contribution in [3.8, 4) is 5.75 Å². The summed E-state index contributed by atoms with van der Waals surface area (Å²) in [5.41, 5.74) is -2.65. The Labute approximate surface area is 155 Å². The monoisotopic (exact) mass is 311 g/mol. The molecule has 0 aliphatic carbocycles. The van der Waals surface area contributed by atoms with Gasteiger partial charge in [-0.25, -0.2) is 0 Å². The molecular formula is C17H22ClNO. The van der Waals surface area contributed by atoms with Crippen LogP contribution in [0.15, 0.2) is 54.4 Å². The van der Waals surface area contributed by atoms with Crippen LogP contribution in [0.2, 0.25) is 0 Å². The molecule has 2 N–H and O–H groups in total. The Morgan fingerprint density at radius 2 is 2.00 bits per heavy atom. The highest BCUT2D eigenvalue weighted by atomic mass is 35.5. The van der Waals surface area contributed by atoms with E-state index in [4.69, 9.17) is 32.2 Å². The van der Waals surface area contributed by atoms with Gasteiger partial charge in [0.15, 0.2) is 0 Å². The molecule has 0 fully saturated rings. The third-order valence-corrected chi connectivity index (χ3v) is 1.84. The number of benzene rings is 2. The molecule has 0 spiro atoms. The van der Waals surface area contributed by atoms with Crippen molar-refractivity contribution < 1.29 is 49.9 Å². The second-order valence-corrected chi connectivity index (χ2v) is 3.05. The quantitative estimate of drug-likeness (QED) is 0.779. The van der Waals surface area contributed by atoms with Gasteiger partial charge in [0.05, 0.1) is 34.0 Å². The Hall–Kier alpha value is -1.51. The van der Waals surface area contributed by atoms with Crippen LogP contribution in [0.25, 0.3) is 0 Å². The van der Waals surface area contributed by atoms with Crippen LogP contribution in [0.3, 0.4) is 0 Å². The Morgan fingerprint density at radius 1 is 1.25 bits per heavy atom. The summed E-state index contributed by atoms with van der Waals surface area (Å²) in [5.74, 6) is -1.39. The minimum Gasteiger partial charge on any atom is -1.00 e. The Balaban J connectivity index is 0.00000800. The molecule has 1 unspecified atom stereocenters. The molecule has 0 amide bonds. The largest absolute Gasteiger partial charge is 1.00 e. The molecule has 0 heterocycles. The highest BCUT2D eigenvalue weighted by Gasteiger charge is 2.14. The lowest BCUT2D eigenvalue weighted by Gasteiger charge is -2.20. The lowest BCUT2D eigenvalue weighted by Crippen LogP contribution is -3.00. The van der Waals surface area contributed by atoms with Crippen LogP contribution < -0.4 is 22.5 Å². The summed E-state index contributed by atoms with van der Waals surface area (Å²) in [6.45, 7) is -10.4. The first kappa shape index (κ1) is 3.82. The third-order valence-electron chi connectivity index (χ3n) is 1.84. The maximum Gasteiger partial charge on any atom is 0.129 e. The highest BCUT2D eigenvalue weighted by Crippen LogP contribution is 2.26. The number of para-hydroxylation sites is 1. The fraction of sp³-hybridized carbons (Fsp3) is 0.294. The average Bonchev–Trinajstić information content (AvgIpc) is 2.75. The molecule has 108 valence electrons. The van der Waals surface area contributed by atoms with Crippen molar-refractivity contribution in [1.29, 1.82) is 0 Å². The van der Waals surface area contributed by atoms with Crippen LogP contribution in [-0.2, 0) is 0 Å². The fourth-order valence-corrected chi connectivity index (χ4v) is 1.08. The van der Waals surface area contributed by atoms with Gasteiger partial charge in [0.1, 0.15) is 11.8 Å². The predicted octanol–water partition coefficient (Wildman–Crippen LogP) is -0.298. The zero-order valence-electron chi connectivity index (χ0n) is 29.9. The zero-order chi connectivity index (χ0) is 30.8. The number of halogens is 1. The van der Waals surface area contributed by atoms with E-state index in [9.17, 15) is 0 Å². The van der Waals surface area contributed by atoms with Crippen molar-refractivity contribution >= 4 is 0 Å². The molecule has 0 aliphatic rings. The minimum absolute atomic E-state index is 0. The Kier molecular flexibility index (Phi) is 1.65. The van der Waals surface area contributed by atoms with Gasteiger partial charge in [0.2, 0.25) is 0 Å². The molecular weight excluding hydrogens is 270 g/mol. The summed E-state index contributed by atoms with van der Waals surface area (Å²) in [6, 6.07) is -10.5. The number of nitrogens with two attached hydrogens (primary N) is 1. The summed E-state index contributed by atoms with van der Waals surface area (Å²) in [4.78, 5) is 0. The van der Waals surface area contributed by atoms with Gasteiger partial charge >= 0.3 is 0 Å². The smallest absolute Gasteiger partial charge is 0.129 e. The van der Waals surface area contributed by atoms with E-state index >= 15 is 0 Å². The molecule has 2 aromatic rings. The first-order valence-electron chi connectivity index (χ1n) is 15.0. The number of quaternary nitrogens is 1. The van der Waals surface area contributed by atoms with Crippen LogP contribution in [0.4, 0.5) is 0 Å². The summed E-state index contributed by atoms with van der Waals surface area (Å²) in [5, 5.41) is -0.132. The molecule has 0 bridgehead atoms. The van der Waals surface area contributed by atoms with E-state index in [-0.39, 0.29) is 17.7 Å². The van der Waals surface area contributed by atoms with E-state index in [1.165, 1.54) is 0 Å². The van der Waals surface area contributed by atoms with Crippen LogP contribution in [0, 0.1) is 6.85 Å². The molecule has 20 heavy (non-hydrogen) atoms. The van der Waals surface area contributed by atoms with Crippen LogP contribution in [0.1, 0.15) is 51.0 Å². The van der Waals surface area contributed by atoms with Crippen molar-refractivity contribution in [3.63, 3.8) is 0 Å². The SMILES string of the molecule is [2H]c1c([2H])c([2H])c(C([2H])(Oc2c([2H])c([2H])c([2H])c([2H])c2C([2H])([2H])[2H])C([2H])([2H])C([2H])([2H])[NH2+]C([2H])([2H])[2H])c([2H])c1[2H].[Cl-]. The predicted molar refractivity (Wildman–Crippen MR) is 78.3 cm³/mol. The third kappa shape index (κ3) is 4.55. The standard InChI is InChI=1S/C17H21NO.ClH/c1-14-8-6-7-11-16(14)19-17(12-13-18-2)15-9-4-3-5-10-15;/h3-11,17-18H,12-13H2,1-2H3;1H/i1D3,2D3,3D,4D,5D,6D,7D,8D,9D,10D,11D,12D2,13D2,17D;. The lowest BCUT2D eigenvalue weighted by molar-refractivity contribution is -0.628. The highest BCUT2D eigenvalue weighted by molar-refractivity contribution is 5.32. The number of ether oxygens (including phenoxy) is 1. The van der Waals surface area contributed by atoms with Gasteiger partial charge in [-0.15, -0.1) is 0 Å². The second-order valence-electron chi connectivity index (χ2n) is 3.05. The van der Waals surface area contributed by atoms with Gasteiger partial charge in [-0.3, -0.25) is 0 Å². The lowest BCUT2D eigenvalue weighted by atomic mass is 10.1. The van der Waals surface area contributed by atoms with Gasteiger partial charge in [-0.2, -0.15) is 0 Å². The summed E-state index contributed by atoms with van der Waals surface area (Å²) in [6.07, 6.45) is -7.96. The van der Waals surface area contributed by atoms with E-state index in [1.807, 2.05) is 0 Å². The van der Waals surface area contributed by atoms with Gasteiger partial charge in [0.25, 0.3) is 0 Å². The number of hydrogen-bond acceptors (Lipinski definition) is 1. The normalized spacial score (nSPS) is 30.2. The van der Waals surface area contributed by atoms with E-state index in [1.54, 1.807) is 0 Å². The van der Waals surface area contributed by atoms with Crippen LogP contribution >= 0.6 is 0 Å². The molecule has 1 atom stereocenters. The van der Waals surface area contributed by atoms with Gasteiger partial charge in [0, 0.05) is 13.2 Å². The van der Waals surface area contributed by atoms with E-state index < -0.39 is 104 Å². The Bertz CT molecular complexity index is 1280. The molecule has 3 heteroatoms. The fourth-order valence-electron chi connectivity index (χ4n) is 1.08. The topological polar surface area (TPSA) is 25.8 Å². The molecule has 0 aromatic heterocycles. The average molecular weight is 312 g/mol. The summed E-state index contributed by atoms with van der Waals surface area (Å²) in [7, 11) is 0. The van der Waals surface area contributed by atoms with Gasteiger partial charge in [-0.1, -0.05) is 48.3 Å². The molecule has 0 aliphatic heterocycles. The molecule has 0 radical (unpaired) electrons. The molecule has 2 aromatic carbocycles. The van der Waals surface area contributed by atoms with Crippen molar-refractivity contribution in [1.82, 2.24) is 0 Å². The van der Waals surface area contributed by atoms with E-state index in [2.05, 4.69) is 0 Å². The van der Waals surface area contributed by atoms with Crippen molar-refractivity contribution in [3.05, 3.63) is 65.5 Å². The van der Waals surface area contributed by atoms with Crippen molar-refractivity contribution in [2.75, 3.05) is 13.5 Å². The first-order valence-corrected chi connectivity index (χ1v) is 4.99. The Morgan fingerprint density at radius 3 is 2.75 bits per heavy atom.